The fraction of sp³-hybridized carbons (Fsp3) is 0.529. The first-order chi connectivity index (χ1) is 11.1. The van der Waals surface area contributed by atoms with Crippen LogP contribution in [0.2, 0.25) is 5.02 Å². The van der Waals surface area contributed by atoms with Gasteiger partial charge in [-0.05, 0) is 18.1 Å². The molecule has 1 saturated heterocycles. The van der Waals surface area contributed by atoms with Gasteiger partial charge in [0.15, 0.2) is 0 Å². The Morgan fingerprint density at radius 1 is 1.17 bits per heavy atom. The Labute approximate surface area is 142 Å². The van der Waals surface area contributed by atoms with Crippen LogP contribution in [0, 0.1) is 5.92 Å². The van der Waals surface area contributed by atoms with Crippen LogP contribution in [0.4, 0.5) is 0 Å². The lowest BCUT2D eigenvalue weighted by atomic mass is 10.2. The van der Waals surface area contributed by atoms with E-state index in [2.05, 4.69) is 33.8 Å². The first kappa shape index (κ1) is 16.4. The number of nitrogens with zero attached hydrogens (tertiary/aromatic N) is 4. The molecule has 3 rings (SSSR count). The van der Waals surface area contributed by atoms with E-state index in [1.165, 1.54) is 6.54 Å². The maximum Gasteiger partial charge on any atom is 0.241 e. The first-order valence-electron chi connectivity index (χ1n) is 8.13. The Morgan fingerprint density at radius 2 is 1.91 bits per heavy atom. The van der Waals surface area contributed by atoms with Crippen LogP contribution in [0.25, 0.3) is 11.4 Å². The summed E-state index contributed by atoms with van der Waals surface area (Å²) >= 11 is 6.01. The third-order valence-electron chi connectivity index (χ3n) is 4.00. The van der Waals surface area contributed by atoms with Crippen LogP contribution in [0.1, 0.15) is 19.7 Å². The average molecular weight is 335 g/mol. The summed E-state index contributed by atoms with van der Waals surface area (Å²) in [6.45, 7) is 10.7. The SMILES string of the molecule is CC(C)CN1CCN(Cc2nc(-c3cccc(Cl)c3)no2)CC1. The van der Waals surface area contributed by atoms with Crippen molar-refractivity contribution in [2.75, 3.05) is 32.7 Å². The molecule has 0 atom stereocenters. The summed E-state index contributed by atoms with van der Waals surface area (Å²) in [6, 6.07) is 7.51. The highest BCUT2D eigenvalue weighted by atomic mass is 35.5. The second-order valence-corrected chi connectivity index (χ2v) is 6.93. The van der Waals surface area contributed by atoms with E-state index >= 15 is 0 Å². The fourth-order valence-electron chi connectivity index (χ4n) is 2.90. The number of hydrogen-bond donors (Lipinski definition) is 0. The van der Waals surface area contributed by atoms with Gasteiger partial charge in [0.2, 0.25) is 11.7 Å². The van der Waals surface area contributed by atoms with Crippen molar-refractivity contribution in [3.05, 3.63) is 35.2 Å². The van der Waals surface area contributed by atoms with Crippen LogP contribution in [0.5, 0.6) is 0 Å². The van der Waals surface area contributed by atoms with Gasteiger partial charge in [-0.2, -0.15) is 4.98 Å². The molecule has 2 heterocycles. The van der Waals surface area contributed by atoms with Gasteiger partial charge < -0.3 is 9.42 Å². The molecule has 1 fully saturated rings. The van der Waals surface area contributed by atoms with E-state index in [4.69, 9.17) is 16.1 Å². The highest BCUT2D eigenvalue weighted by Crippen LogP contribution is 2.20. The predicted octanol–water partition coefficient (Wildman–Crippen LogP) is 3.16. The molecule has 1 aromatic heterocycles. The van der Waals surface area contributed by atoms with E-state index in [-0.39, 0.29) is 0 Å². The summed E-state index contributed by atoms with van der Waals surface area (Å²) in [7, 11) is 0. The molecule has 1 aromatic carbocycles. The Hall–Kier alpha value is -1.43. The smallest absolute Gasteiger partial charge is 0.241 e. The number of rotatable bonds is 5. The zero-order valence-electron chi connectivity index (χ0n) is 13.7. The van der Waals surface area contributed by atoms with Crippen LogP contribution in [0.3, 0.4) is 0 Å². The zero-order chi connectivity index (χ0) is 16.2. The molecule has 0 spiro atoms. The third-order valence-corrected chi connectivity index (χ3v) is 4.23. The highest BCUT2D eigenvalue weighted by molar-refractivity contribution is 6.30. The molecule has 1 aliphatic rings. The molecule has 0 bridgehead atoms. The number of benzene rings is 1. The molecule has 5 nitrogen and oxygen atoms in total. The molecule has 1 aliphatic heterocycles. The first-order valence-corrected chi connectivity index (χ1v) is 8.51. The molecule has 0 aliphatic carbocycles. The van der Waals surface area contributed by atoms with E-state index in [0.29, 0.717) is 23.3 Å². The van der Waals surface area contributed by atoms with Crippen LogP contribution >= 0.6 is 11.6 Å². The quantitative estimate of drug-likeness (QED) is 0.840. The minimum absolute atomic E-state index is 0.598. The summed E-state index contributed by atoms with van der Waals surface area (Å²) in [4.78, 5) is 9.38. The standard InChI is InChI=1S/C17H23ClN4O/c1-13(2)11-21-6-8-22(9-7-21)12-16-19-17(20-23-16)14-4-3-5-15(18)10-14/h3-5,10,13H,6-9,11-12H2,1-2H3. The van der Waals surface area contributed by atoms with Crippen LogP contribution in [-0.4, -0.2) is 52.7 Å². The van der Waals surface area contributed by atoms with E-state index in [1.807, 2.05) is 24.3 Å². The minimum atomic E-state index is 0.598. The largest absolute Gasteiger partial charge is 0.338 e. The molecular weight excluding hydrogens is 312 g/mol. The lowest BCUT2D eigenvalue weighted by Gasteiger charge is -2.34. The average Bonchev–Trinajstić information content (AvgIpc) is 2.97. The van der Waals surface area contributed by atoms with E-state index in [1.54, 1.807) is 0 Å². The highest BCUT2D eigenvalue weighted by Gasteiger charge is 2.19. The normalized spacial score (nSPS) is 17.0. The second kappa shape index (κ2) is 7.43. The summed E-state index contributed by atoms with van der Waals surface area (Å²) in [5, 5.41) is 4.74. The van der Waals surface area contributed by atoms with Crippen molar-refractivity contribution in [2.45, 2.75) is 20.4 Å². The molecule has 0 amide bonds. The van der Waals surface area contributed by atoms with E-state index < -0.39 is 0 Å². The predicted molar refractivity (Wildman–Crippen MR) is 91.3 cm³/mol. The number of halogens is 1. The Balaban J connectivity index is 1.56. The molecule has 2 aromatic rings. The van der Waals surface area contributed by atoms with Crippen molar-refractivity contribution in [3.63, 3.8) is 0 Å². The van der Waals surface area contributed by atoms with Crippen molar-refractivity contribution in [2.24, 2.45) is 5.92 Å². The van der Waals surface area contributed by atoms with Gasteiger partial charge in [-0.25, -0.2) is 0 Å². The third kappa shape index (κ3) is 4.53. The monoisotopic (exact) mass is 334 g/mol. The van der Waals surface area contributed by atoms with Crippen LogP contribution in [0.15, 0.2) is 28.8 Å². The zero-order valence-corrected chi connectivity index (χ0v) is 14.5. The van der Waals surface area contributed by atoms with Crippen molar-refractivity contribution >= 4 is 11.6 Å². The van der Waals surface area contributed by atoms with Crippen LogP contribution in [-0.2, 0) is 6.54 Å². The summed E-state index contributed by atoms with van der Waals surface area (Å²) in [5.41, 5.74) is 0.884. The lowest BCUT2D eigenvalue weighted by Crippen LogP contribution is -2.46. The topological polar surface area (TPSA) is 45.4 Å². The number of piperazine rings is 1. The summed E-state index contributed by atoms with van der Waals surface area (Å²) in [5.74, 6) is 1.98. The maximum atomic E-state index is 6.01. The summed E-state index contributed by atoms with van der Waals surface area (Å²) in [6.07, 6.45) is 0. The molecule has 0 unspecified atom stereocenters. The van der Waals surface area contributed by atoms with Crippen molar-refractivity contribution in [3.8, 4) is 11.4 Å². The number of hydrogen-bond acceptors (Lipinski definition) is 5. The van der Waals surface area contributed by atoms with E-state index in [0.717, 1.165) is 37.7 Å². The van der Waals surface area contributed by atoms with Crippen LogP contribution < -0.4 is 0 Å². The van der Waals surface area contributed by atoms with Gasteiger partial charge in [-0.3, -0.25) is 4.90 Å². The molecule has 124 valence electrons. The summed E-state index contributed by atoms with van der Waals surface area (Å²) < 4.78 is 5.39. The van der Waals surface area contributed by atoms with Crippen molar-refractivity contribution < 1.29 is 4.52 Å². The molecule has 23 heavy (non-hydrogen) atoms. The van der Waals surface area contributed by atoms with Gasteiger partial charge in [0, 0.05) is 43.3 Å². The van der Waals surface area contributed by atoms with Gasteiger partial charge in [0.05, 0.1) is 6.54 Å². The molecular formula is C17H23ClN4O. The maximum absolute atomic E-state index is 6.01. The molecule has 0 radical (unpaired) electrons. The van der Waals surface area contributed by atoms with Gasteiger partial charge in [0.25, 0.3) is 0 Å². The molecule has 0 saturated carbocycles. The minimum Gasteiger partial charge on any atom is -0.338 e. The van der Waals surface area contributed by atoms with Gasteiger partial charge in [-0.15, -0.1) is 0 Å². The Kier molecular flexibility index (Phi) is 5.30. The fourth-order valence-corrected chi connectivity index (χ4v) is 3.09. The lowest BCUT2D eigenvalue weighted by molar-refractivity contribution is 0.108. The van der Waals surface area contributed by atoms with Gasteiger partial charge in [0.1, 0.15) is 0 Å². The number of aromatic nitrogens is 2. The Bertz CT molecular complexity index is 635. The molecule has 0 N–H and O–H groups in total. The van der Waals surface area contributed by atoms with E-state index in [9.17, 15) is 0 Å². The molecule has 6 heteroatoms. The Morgan fingerprint density at radius 3 is 2.61 bits per heavy atom. The second-order valence-electron chi connectivity index (χ2n) is 6.49. The van der Waals surface area contributed by atoms with Gasteiger partial charge >= 0.3 is 0 Å². The van der Waals surface area contributed by atoms with Crippen molar-refractivity contribution in [1.29, 1.82) is 0 Å². The van der Waals surface area contributed by atoms with Crippen molar-refractivity contribution in [1.82, 2.24) is 19.9 Å². The van der Waals surface area contributed by atoms with Gasteiger partial charge in [-0.1, -0.05) is 42.7 Å².